The number of nitrogens with zero attached hydrogens (tertiary/aromatic N) is 4. The second-order valence-electron chi connectivity index (χ2n) is 6.34. The Hall–Kier alpha value is -3.07. The summed E-state index contributed by atoms with van der Waals surface area (Å²) in [5.74, 6) is 2.57. The van der Waals surface area contributed by atoms with Crippen LogP contribution in [0.5, 0.6) is 0 Å². The van der Waals surface area contributed by atoms with E-state index in [9.17, 15) is 0 Å². The molecule has 0 saturated carbocycles. The smallest absolute Gasteiger partial charge is 0.247 e. The van der Waals surface area contributed by atoms with Crippen molar-refractivity contribution in [2.24, 2.45) is 0 Å². The van der Waals surface area contributed by atoms with E-state index in [0.29, 0.717) is 17.6 Å². The summed E-state index contributed by atoms with van der Waals surface area (Å²) in [7, 11) is 0. The molecule has 0 aliphatic heterocycles. The first kappa shape index (κ1) is 19.3. The van der Waals surface area contributed by atoms with Gasteiger partial charge in [0.25, 0.3) is 0 Å². The highest BCUT2D eigenvalue weighted by atomic mass is 127. The molecule has 0 amide bonds. The number of hydrogen-bond acceptors (Lipinski definition) is 5. The van der Waals surface area contributed by atoms with Crippen molar-refractivity contribution in [1.29, 1.82) is 0 Å². The molecule has 0 bridgehead atoms. The van der Waals surface area contributed by atoms with Crippen LogP contribution in [0, 0.1) is 6.92 Å². The normalized spacial score (nSPS) is 10.6. The van der Waals surface area contributed by atoms with Crippen molar-refractivity contribution in [3.8, 4) is 11.4 Å². The Kier molecular flexibility index (Phi) is 5.66. The Morgan fingerprint density at radius 1 is 0.828 bits per heavy atom. The van der Waals surface area contributed by atoms with Crippen molar-refractivity contribution in [2.45, 2.75) is 6.92 Å². The summed E-state index contributed by atoms with van der Waals surface area (Å²) in [6.07, 6.45) is 0. The molecule has 0 atom stereocenters. The number of halogens is 1. The van der Waals surface area contributed by atoms with Crippen molar-refractivity contribution in [1.82, 2.24) is 25.1 Å². The summed E-state index contributed by atoms with van der Waals surface area (Å²) in [4.78, 5) is 15.8. The third kappa shape index (κ3) is 4.04. The molecular formula is C22H19IN6. The van der Waals surface area contributed by atoms with E-state index in [1.165, 1.54) is 5.39 Å². The third-order valence-corrected chi connectivity index (χ3v) is 4.44. The van der Waals surface area contributed by atoms with E-state index in [2.05, 4.69) is 67.4 Å². The molecule has 6 nitrogen and oxygen atoms in total. The second-order valence-corrected chi connectivity index (χ2v) is 6.34. The number of benzene rings is 3. The molecule has 2 heterocycles. The van der Waals surface area contributed by atoms with Crippen molar-refractivity contribution in [2.75, 3.05) is 10.2 Å². The Labute approximate surface area is 182 Å². The average molecular weight is 494 g/mol. The van der Waals surface area contributed by atoms with E-state index < -0.39 is 0 Å². The fraction of sp³-hybridized carbons (Fsp3) is 0.0909. The van der Waals surface area contributed by atoms with Crippen molar-refractivity contribution in [3.63, 3.8) is 0 Å². The summed E-state index contributed by atoms with van der Waals surface area (Å²) >= 11 is 2.15. The SMILES string of the molecule is CI.Cc1nc(Nc2nc(-c3ccc4ccccc4c3)nc3ccccc23)n[nH]1. The quantitative estimate of drug-likeness (QED) is 0.250. The maximum absolute atomic E-state index is 4.77. The van der Waals surface area contributed by atoms with Gasteiger partial charge in [-0.1, -0.05) is 71.1 Å². The zero-order valence-electron chi connectivity index (χ0n) is 16.0. The Balaban J connectivity index is 0.000000994. The molecule has 2 aromatic heterocycles. The van der Waals surface area contributed by atoms with Crippen LogP contribution in [0.4, 0.5) is 11.8 Å². The van der Waals surface area contributed by atoms with Gasteiger partial charge in [-0.05, 0) is 40.8 Å². The largest absolute Gasteiger partial charge is 0.307 e. The number of nitrogens with one attached hydrogen (secondary N) is 2. The number of rotatable bonds is 3. The highest BCUT2D eigenvalue weighted by molar-refractivity contribution is 14.1. The van der Waals surface area contributed by atoms with E-state index in [1.54, 1.807) is 0 Å². The number of anilines is 2. The first-order valence-electron chi connectivity index (χ1n) is 9.06. The van der Waals surface area contributed by atoms with Gasteiger partial charge in [-0.15, -0.1) is 5.10 Å². The van der Waals surface area contributed by atoms with Gasteiger partial charge in [0.05, 0.1) is 5.52 Å². The number of alkyl halides is 1. The van der Waals surface area contributed by atoms with Gasteiger partial charge in [-0.2, -0.15) is 4.98 Å². The van der Waals surface area contributed by atoms with Gasteiger partial charge in [-0.25, -0.2) is 9.97 Å². The number of aromatic amines is 1. The lowest BCUT2D eigenvalue weighted by Crippen LogP contribution is -2.00. The molecule has 0 aliphatic carbocycles. The Morgan fingerprint density at radius 3 is 2.38 bits per heavy atom. The highest BCUT2D eigenvalue weighted by Gasteiger charge is 2.11. The van der Waals surface area contributed by atoms with E-state index in [1.807, 2.05) is 54.3 Å². The minimum absolute atomic E-state index is 0.487. The number of H-pyrrole nitrogens is 1. The van der Waals surface area contributed by atoms with Crippen LogP contribution in [-0.4, -0.2) is 30.1 Å². The second kappa shape index (κ2) is 8.52. The van der Waals surface area contributed by atoms with Crippen LogP contribution in [0.3, 0.4) is 0 Å². The van der Waals surface area contributed by atoms with Gasteiger partial charge in [0, 0.05) is 10.9 Å². The monoisotopic (exact) mass is 494 g/mol. The van der Waals surface area contributed by atoms with Crippen molar-refractivity contribution in [3.05, 3.63) is 72.6 Å². The molecule has 2 N–H and O–H groups in total. The molecular weight excluding hydrogens is 475 g/mol. The number of fused-ring (bicyclic) bond motifs is 2. The van der Waals surface area contributed by atoms with E-state index in [4.69, 9.17) is 9.97 Å². The molecule has 0 saturated heterocycles. The lowest BCUT2D eigenvalue weighted by Gasteiger charge is -2.09. The van der Waals surface area contributed by atoms with E-state index in [-0.39, 0.29) is 0 Å². The Bertz CT molecular complexity index is 1280. The van der Waals surface area contributed by atoms with Gasteiger partial charge in [0.1, 0.15) is 11.6 Å². The molecule has 144 valence electrons. The maximum Gasteiger partial charge on any atom is 0.247 e. The van der Waals surface area contributed by atoms with Gasteiger partial charge >= 0.3 is 0 Å². The van der Waals surface area contributed by atoms with Crippen LogP contribution in [0.1, 0.15) is 5.82 Å². The van der Waals surface area contributed by atoms with Crippen LogP contribution in [0.25, 0.3) is 33.1 Å². The van der Waals surface area contributed by atoms with Gasteiger partial charge in [0.15, 0.2) is 5.82 Å². The first-order valence-corrected chi connectivity index (χ1v) is 11.2. The van der Waals surface area contributed by atoms with Gasteiger partial charge in [0.2, 0.25) is 5.95 Å². The lowest BCUT2D eigenvalue weighted by atomic mass is 10.1. The molecule has 0 fully saturated rings. The van der Waals surface area contributed by atoms with E-state index >= 15 is 0 Å². The third-order valence-electron chi connectivity index (χ3n) is 4.44. The van der Waals surface area contributed by atoms with Crippen molar-refractivity contribution < 1.29 is 0 Å². The topological polar surface area (TPSA) is 79.4 Å². The molecule has 0 unspecified atom stereocenters. The minimum Gasteiger partial charge on any atom is -0.307 e. The van der Waals surface area contributed by atoms with Crippen LogP contribution in [-0.2, 0) is 0 Å². The summed E-state index contributed by atoms with van der Waals surface area (Å²) in [5, 5.41) is 13.5. The molecule has 5 rings (SSSR count). The van der Waals surface area contributed by atoms with Crippen LogP contribution >= 0.6 is 22.6 Å². The van der Waals surface area contributed by atoms with Crippen LogP contribution in [0.2, 0.25) is 0 Å². The summed E-state index contributed by atoms with van der Waals surface area (Å²) < 4.78 is 0. The standard InChI is InChI=1S/C21H16N6.CH3I/c1-13-22-21(27-26-13)25-20-17-8-4-5-9-18(17)23-19(24-20)16-11-10-14-6-2-3-7-15(14)12-16;1-2/h2-12H,1H3,(H2,22,23,24,25,26,27);1H3. The lowest BCUT2D eigenvalue weighted by molar-refractivity contribution is 1.04. The van der Waals surface area contributed by atoms with E-state index in [0.717, 1.165) is 27.7 Å². The summed E-state index contributed by atoms with van der Waals surface area (Å²) in [5.41, 5.74) is 1.83. The van der Waals surface area contributed by atoms with Gasteiger partial charge < -0.3 is 5.32 Å². The molecule has 7 heteroatoms. The molecule has 0 spiro atoms. The zero-order valence-corrected chi connectivity index (χ0v) is 18.2. The predicted molar refractivity (Wildman–Crippen MR) is 127 cm³/mol. The number of aryl methyl sites for hydroxylation is 1. The Morgan fingerprint density at radius 2 is 1.59 bits per heavy atom. The molecule has 29 heavy (non-hydrogen) atoms. The average Bonchev–Trinajstić information content (AvgIpc) is 3.19. The summed E-state index contributed by atoms with van der Waals surface area (Å²) in [6, 6.07) is 22.4. The molecule has 0 radical (unpaired) electrons. The predicted octanol–water partition coefficient (Wildman–Crippen LogP) is 5.67. The number of hydrogen-bond donors (Lipinski definition) is 2. The fourth-order valence-corrected chi connectivity index (χ4v) is 3.13. The maximum atomic E-state index is 4.77. The minimum atomic E-state index is 0.487. The van der Waals surface area contributed by atoms with Crippen molar-refractivity contribution >= 4 is 56.0 Å². The number of para-hydroxylation sites is 1. The fourth-order valence-electron chi connectivity index (χ4n) is 3.13. The first-order chi connectivity index (χ1) is 14.3. The zero-order chi connectivity index (χ0) is 20.2. The summed E-state index contributed by atoms with van der Waals surface area (Å²) in [6.45, 7) is 1.86. The molecule has 0 aliphatic rings. The highest BCUT2D eigenvalue weighted by Crippen LogP contribution is 2.28. The van der Waals surface area contributed by atoms with Gasteiger partial charge in [-0.3, -0.25) is 5.10 Å². The molecule has 3 aromatic carbocycles. The van der Waals surface area contributed by atoms with Crippen LogP contribution in [0.15, 0.2) is 66.7 Å². The number of aromatic nitrogens is 5. The molecule has 5 aromatic rings. The van der Waals surface area contributed by atoms with Crippen LogP contribution < -0.4 is 5.32 Å².